The molecule has 0 spiro atoms. The first-order chi connectivity index (χ1) is 21.0. The van der Waals surface area contributed by atoms with E-state index in [1.807, 2.05) is 18.5 Å². The van der Waals surface area contributed by atoms with Crippen LogP contribution in [0.25, 0.3) is 5.57 Å². The van der Waals surface area contributed by atoms with Gasteiger partial charge in [0.05, 0.1) is 0 Å². The summed E-state index contributed by atoms with van der Waals surface area (Å²) in [6.45, 7) is 3.76. The Hall–Kier alpha value is -4.03. The zero-order chi connectivity index (χ0) is 30.5. The van der Waals surface area contributed by atoms with Gasteiger partial charge in [-0.05, 0) is 86.0 Å². The van der Waals surface area contributed by atoms with Crippen molar-refractivity contribution in [1.82, 2.24) is 9.88 Å². The van der Waals surface area contributed by atoms with Gasteiger partial charge < -0.3 is 15.1 Å². The molecule has 2 aromatic carbocycles. The predicted molar refractivity (Wildman–Crippen MR) is 174 cm³/mol. The van der Waals surface area contributed by atoms with Crippen LogP contribution in [0.4, 0.5) is 0 Å². The molecule has 6 nitrogen and oxygen atoms in total. The van der Waals surface area contributed by atoms with Gasteiger partial charge in [0.15, 0.2) is 0 Å². The Morgan fingerprint density at radius 2 is 1.26 bits per heavy atom. The van der Waals surface area contributed by atoms with Gasteiger partial charge in [-0.3, -0.25) is 4.98 Å². The minimum absolute atomic E-state index is 0.558. The fraction of sp³-hybridized carbons (Fsp3) is 0.378. The molecule has 6 heteroatoms. The summed E-state index contributed by atoms with van der Waals surface area (Å²) >= 11 is 0. The van der Waals surface area contributed by atoms with E-state index >= 15 is 0 Å². The summed E-state index contributed by atoms with van der Waals surface area (Å²) in [5.41, 5.74) is 5.43. The molecule has 0 amide bonds. The molecule has 228 valence electrons. The third-order valence-corrected chi connectivity index (χ3v) is 7.74. The minimum Gasteiger partial charge on any atom is -0.478 e. The summed E-state index contributed by atoms with van der Waals surface area (Å²) < 4.78 is 0. The van der Waals surface area contributed by atoms with Gasteiger partial charge in [-0.25, -0.2) is 9.59 Å². The molecular weight excluding hydrogens is 536 g/mol. The molecule has 43 heavy (non-hydrogen) atoms. The van der Waals surface area contributed by atoms with Crippen molar-refractivity contribution >= 4 is 17.5 Å². The highest BCUT2D eigenvalue weighted by molar-refractivity contribution is 5.89. The zero-order valence-corrected chi connectivity index (χ0v) is 25.2. The lowest BCUT2D eigenvalue weighted by Crippen LogP contribution is -2.34. The van der Waals surface area contributed by atoms with Gasteiger partial charge in [0.1, 0.15) is 0 Å². The number of carboxylic acid groups (broad SMARTS) is 2. The molecule has 2 N–H and O–H groups in total. The Labute approximate surface area is 256 Å². The van der Waals surface area contributed by atoms with Crippen molar-refractivity contribution in [3.05, 3.63) is 120 Å². The van der Waals surface area contributed by atoms with E-state index in [1.54, 1.807) is 0 Å². The first-order valence-electron chi connectivity index (χ1n) is 15.6. The molecule has 0 unspecified atom stereocenters. The van der Waals surface area contributed by atoms with Crippen molar-refractivity contribution in [2.75, 3.05) is 19.6 Å². The van der Waals surface area contributed by atoms with E-state index in [2.05, 4.69) is 82.7 Å². The molecule has 1 fully saturated rings. The van der Waals surface area contributed by atoms with E-state index in [0.29, 0.717) is 18.1 Å². The smallest absolute Gasteiger partial charge is 0.328 e. The maximum atomic E-state index is 9.55. The molecule has 2 heterocycles. The number of carboxylic acids is 2. The molecule has 0 aliphatic carbocycles. The number of hydrogen-bond acceptors (Lipinski definition) is 4. The molecule has 1 aliphatic rings. The van der Waals surface area contributed by atoms with Crippen molar-refractivity contribution in [2.24, 2.45) is 5.92 Å². The van der Waals surface area contributed by atoms with Gasteiger partial charge >= 0.3 is 11.9 Å². The number of rotatable bonds is 15. The molecule has 1 aromatic heterocycles. The Morgan fingerprint density at radius 3 is 1.77 bits per heavy atom. The van der Waals surface area contributed by atoms with Crippen LogP contribution in [0.3, 0.4) is 0 Å². The maximum Gasteiger partial charge on any atom is 0.328 e. The first kappa shape index (κ1) is 33.5. The van der Waals surface area contributed by atoms with Crippen molar-refractivity contribution in [3.8, 4) is 0 Å². The summed E-state index contributed by atoms with van der Waals surface area (Å²) in [6.07, 6.45) is 20.8. The van der Waals surface area contributed by atoms with Gasteiger partial charge in [-0.15, -0.1) is 0 Å². The number of allylic oxidation sites excluding steroid dienone is 1. The quantitative estimate of drug-likeness (QED) is 0.140. The Kier molecular flexibility index (Phi) is 15.5. The van der Waals surface area contributed by atoms with Gasteiger partial charge in [0.2, 0.25) is 0 Å². The average Bonchev–Trinajstić information content (AvgIpc) is 3.04. The van der Waals surface area contributed by atoms with Gasteiger partial charge in [-0.1, -0.05) is 105 Å². The molecule has 0 atom stereocenters. The lowest BCUT2D eigenvalue weighted by molar-refractivity contribution is -0.134. The van der Waals surface area contributed by atoms with Crippen LogP contribution in [0.15, 0.2) is 103 Å². The third kappa shape index (κ3) is 14.1. The SMILES string of the molecule is C(=C(c1ccccc1)c1ccccc1)C1CCN(CCCCCCCCCc2cccnc2)CC1.O=C(O)/C=C/C(=O)O. The second-order valence-corrected chi connectivity index (χ2v) is 11.1. The summed E-state index contributed by atoms with van der Waals surface area (Å²) in [5, 5.41) is 15.6. The number of unbranched alkanes of at least 4 members (excludes halogenated alkanes) is 6. The highest BCUT2D eigenvalue weighted by Gasteiger charge is 2.18. The highest BCUT2D eigenvalue weighted by Crippen LogP contribution is 2.29. The number of aliphatic carboxylic acids is 2. The summed E-state index contributed by atoms with van der Waals surface area (Å²) in [7, 11) is 0. The van der Waals surface area contributed by atoms with Crippen molar-refractivity contribution < 1.29 is 19.8 Å². The number of aryl methyl sites for hydroxylation is 1. The number of pyridine rings is 1. The molecule has 3 aromatic rings. The van der Waals surface area contributed by atoms with Crippen LogP contribution in [0.1, 0.15) is 74.5 Å². The summed E-state index contributed by atoms with van der Waals surface area (Å²) in [4.78, 5) is 26.0. The lowest BCUT2D eigenvalue weighted by atomic mass is 9.89. The lowest BCUT2D eigenvalue weighted by Gasteiger charge is -2.31. The van der Waals surface area contributed by atoms with Crippen LogP contribution in [0.5, 0.6) is 0 Å². The number of nitrogens with zero attached hydrogens (tertiary/aromatic N) is 2. The van der Waals surface area contributed by atoms with Gasteiger partial charge in [-0.2, -0.15) is 0 Å². The van der Waals surface area contributed by atoms with E-state index in [4.69, 9.17) is 10.2 Å². The molecule has 1 saturated heterocycles. The summed E-state index contributed by atoms with van der Waals surface area (Å²) in [6, 6.07) is 26.0. The molecule has 1 aliphatic heterocycles. The van der Waals surface area contributed by atoms with E-state index in [9.17, 15) is 9.59 Å². The van der Waals surface area contributed by atoms with Gasteiger partial charge in [0, 0.05) is 24.5 Å². The molecule has 4 rings (SSSR count). The van der Waals surface area contributed by atoms with E-state index < -0.39 is 11.9 Å². The Balaban J connectivity index is 0.000000557. The fourth-order valence-electron chi connectivity index (χ4n) is 5.41. The maximum absolute atomic E-state index is 9.55. The second kappa shape index (κ2) is 20.0. The first-order valence-corrected chi connectivity index (χ1v) is 15.6. The fourth-order valence-corrected chi connectivity index (χ4v) is 5.41. The van der Waals surface area contributed by atoms with Gasteiger partial charge in [0.25, 0.3) is 0 Å². The van der Waals surface area contributed by atoms with E-state index in [-0.39, 0.29) is 0 Å². The number of aromatic nitrogens is 1. The van der Waals surface area contributed by atoms with E-state index in [1.165, 1.54) is 106 Å². The van der Waals surface area contributed by atoms with Crippen molar-refractivity contribution in [2.45, 2.75) is 64.2 Å². The Morgan fingerprint density at radius 1 is 0.721 bits per heavy atom. The third-order valence-electron chi connectivity index (χ3n) is 7.74. The Bertz CT molecular complexity index is 1190. The molecule has 0 radical (unpaired) electrons. The van der Waals surface area contributed by atoms with Crippen LogP contribution in [-0.4, -0.2) is 51.7 Å². The second-order valence-electron chi connectivity index (χ2n) is 11.1. The molecular formula is C37H46N2O4. The number of benzene rings is 2. The highest BCUT2D eigenvalue weighted by atomic mass is 16.4. The van der Waals surface area contributed by atoms with Crippen LogP contribution in [0, 0.1) is 5.92 Å². The van der Waals surface area contributed by atoms with Crippen LogP contribution in [-0.2, 0) is 16.0 Å². The standard InChI is InChI=1S/C33H42N2.C4H4O4/c1(2-4-8-15-30-16-14-23-34-28-30)3-5-13-24-35-25-21-29(22-26-35)27-33(31-17-9-6-10-18-31)32-19-11-7-12-20-32;5-3(6)1-2-4(7)8/h6-7,9-12,14,16-20,23,27-29H,1-5,8,13,15,21-22,24-26H2;1-2H,(H,5,6)(H,7,8)/b;2-1+. The molecule has 0 saturated carbocycles. The predicted octanol–water partition coefficient (Wildman–Crippen LogP) is 7.91. The van der Waals surface area contributed by atoms with Crippen molar-refractivity contribution in [3.63, 3.8) is 0 Å². The normalized spacial score (nSPS) is 13.7. The minimum atomic E-state index is -1.26. The van der Waals surface area contributed by atoms with Crippen LogP contribution < -0.4 is 0 Å². The van der Waals surface area contributed by atoms with E-state index in [0.717, 1.165) is 0 Å². The van der Waals surface area contributed by atoms with Crippen LogP contribution in [0.2, 0.25) is 0 Å². The number of hydrogen-bond donors (Lipinski definition) is 2. The van der Waals surface area contributed by atoms with Crippen LogP contribution >= 0.6 is 0 Å². The summed E-state index contributed by atoms with van der Waals surface area (Å²) in [5.74, 6) is -1.84. The largest absolute Gasteiger partial charge is 0.478 e. The molecule has 0 bridgehead atoms. The topological polar surface area (TPSA) is 90.7 Å². The average molecular weight is 583 g/mol. The number of carbonyl (C=O) groups is 2. The number of piperidine rings is 1. The number of likely N-dealkylation sites (tertiary alicyclic amines) is 1. The monoisotopic (exact) mass is 582 g/mol. The zero-order valence-electron chi connectivity index (χ0n) is 25.2. The van der Waals surface area contributed by atoms with Crippen molar-refractivity contribution in [1.29, 1.82) is 0 Å².